The zero-order chi connectivity index (χ0) is 12.1. The molecule has 0 amide bonds. The summed E-state index contributed by atoms with van der Waals surface area (Å²) in [6.45, 7) is 0. The zero-order valence-electron chi connectivity index (χ0n) is 10.2. The summed E-state index contributed by atoms with van der Waals surface area (Å²) in [5, 5.41) is 3.83. The molecule has 94 valence electrons. The van der Waals surface area contributed by atoms with Gasteiger partial charge >= 0.3 is 0 Å². The lowest BCUT2D eigenvalue weighted by Gasteiger charge is -2.09. The quantitative estimate of drug-likeness (QED) is 0.868. The van der Waals surface area contributed by atoms with Gasteiger partial charge in [-0.05, 0) is 36.6 Å². The van der Waals surface area contributed by atoms with Crippen molar-refractivity contribution in [2.75, 3.05) is 18.1 Å². The number of aromatic nitrogens is 1. The normalized spacial score (nSPS) is 16.4. The Morgan fingerprint density at radius 3 is 2.88 bits per heavy atom. The number of pyridine rings is 1. The molecule has 2 rings (SSSR count). The van der Waals surface area contributed by atoms with Crippen LogP contribution in [0.4, 0.5) is 5.82 Å². The smallest absolute Gasteiger partial charge is 0.126 e. The number of nitrogens with zero attached hydrogens (tertiary/aromatic N) is 1. The third-order valence-corrected chi connectivity index (χ3v) is 4.77. The number of thioether (sulfide) groups is 1. The predicted molar refractivity (Wildman–Crippen MR) is 76.9 cm³/mol. The number of hydrogen-bond acceptors (Lipinski definition) is 3. The van der Waals surface area contributed by atoms with Crippen LogP contribution in [0.1, 0.15) is 31.4 Å². The summed E-state index contributed by atoms with van der Waals surface area (Å²) >= 11 is 8.11. The average molecular weight is 271 g/mol. The van der Waals surface area contributed by atoms with E-state index in [2.05, 4.69) is 10.3 Å². The minimum absolute atomic E-state index is 0.780. The third kappa shape index (κ3) is 3.78. The van der Waals surface area contributed by atoms with E-state index < -0.39 is 0 Å². The molecule has 1 aromatic heterocycles. The highest BCUT2D eigenvalue weighted by atomic mass is 35.5. The first-order valence-corrected chi connectivity index (χ1v) is 7.74. The van der Waals surface area contributed by atoms with Gasteiger partial charge in [-0.1, -0.05) is 24.4 Å². The topological polar surface area (TPSA) is 24.9 Å². The summed E-state index contributed by atoms with van der Waals surface area (Å²) in [6.07, 6.45) is 5.65. The monoisotopic (exact) mass is 270 g/mol. The SMILES string of the molecule is CNc1ccc(Cl)c(CSCC2CCCC2)n1. The number of nitrogens with one attached hydrogen (secondary N) is 1. The predicted octanol–water partition coefficient (Wildman–Crippen LogP) is 4.20. The molecular formula is C13H19ClN2S. The summed E-state index contributed by atoms with van der Waals surface area (Å²) in [4.78, 5) is 4.49. The van der Waals surface area contributed by atoms with Crippen LogP contribution in [-0.4, -0.2) is 17.8 Å². The summed E-state index contributed by atoms with van der Waals surface area (Å²) in [7, 11) is 1.88. The van der Waals surface area contributed by atoms with Crippen molar-refractivity contribution in [3.8, 4) is 0 Å². The second-order valence-electron chi connectivity index (χ2n) is 4.54. The van der Waals surface area contributed by atoms with E-state index in [4.69, 9.17) is 11.6 Å². The minimum atomic E-state index is 0.780. The molecular weight excluding hydrogens is 252 g/mol. The number of anilines is 1. The molecule has 1 aliphatic carbocycles. The summed E-state index contributed by atoms with van der Waals surface area (Å²) in [5.41, 5.74) is 1.00. The molecule has 0 aromatic carbocycles. The molecule has 0 bridgehead atoms. The minimum Gasteiger partial charge on any atom is -0.373 e. The van der Waals surface area contributed by atoms with Gasteiger partial charge in [-0.25, -0.2) is 4.98 Å². The highest BCUT2D eigenvalue weighted by molar-refractivity contribution is 7.98. The maximum absolute atomic E-state index is 6.14. The van der Waals surface area contributed by atoms with Crippen molar-refractivity contribution in [3.63, 3.8) is 0 Å². The van der Waals surface area contributed by atoms with Crippen molar-refractivity contribution in [1.82, 2.24) is 4.98 Å². The molecule has 17 heavy (non-hydrogen) atoms. The van der Waals surface area contributed by atoms with Crippen LogP contribution in [0.5, 0.6) is 0 Å². The van der Waals surface area contributed by atoms with Crippen LogP contribution in [0, 0.1) is 5.92 Å². The molecule has 1 aliphatic rings. The van der Waals surface area contributed by atoms with Gasteiger partial charge in [0.2, 0.25) is 0 Å². The maximum Gasteiger partial charge on any atom is 0.126 e. The molecule has 0 radical (unpaired) electrons. The van der Waals surface area contributed by atoms with Crippen molar-refractivity contribution >= 4 is 29.2 Å². The number of hydrogen-bond donors (Lipinski definition) is 1. The standard InChI is InChI=1S/C13H19ClN2S/c1-15-13-7-6-11(14)12(16-13)9-17-8-10-4-2-3-5-10/h6-7,10H,2-5,8-9H2,1H3,(H,15,16). The van der Waals surface area contributed by atoms with Gasteiger partial charge in [0.15, 0.2) is 0 Å². The fourth-order valence-corrected chi connectivity index (χ4v) is 3.67. The summed E-state index contributed by atoms with van der Waals surface area (Å²) in [6, 6.07) is 3.83. The number of halogens is 1. The Labute approximate surface area is 113 Å². The van der Waals surface area contributed by atoms with E-state index in [0.717, 1.165) is 28.2 Å². The Balaban J connectivity index is 1.84. The van der Waals surface area contributed by atoms with Gasteiger partial charge in [-0.3, -0.25) is 0 Å². The molecule has 0 unspecified atom stereocenters. The Hall–Kier alpha value is -0.410. The van der Waals surface area contributed by atoms with Crippen LogP contribution in [0.3, 0.4) is 0 Å². The van der Waals surface area contributed by atoms with Crippen LogP contribution in [-0.2, 0) is 5.75 Å². The van der Waals surface area contributed by atoms with Gasteiger partial charge in [0.05, 0.1) is 10.7 Å². The molecule has 1 saturated carbocycles. The molecule has 0 saturated heterocycles. The molecule has 0 aliphatic heterocycles. The lowest BCUT2D eigenvalue weighted by molar-refractivity contribution is 0.623. The van der Waals surface area contributed by atoms with Crippen molar-refractivity contribution in [3.05, 3.63) is 22.8 Å². The Kier molecular flexibility index (Phi) is 4.99. The second kappa shape index (κ2) is 6.50. The van der Waals surface area contributed by atoms with E-state index in [0.29, 0.717) is 0 Å². The molecule has 1 aromatic rings. The van der Waals surface area contributed by atoms with Crippen LogP contribution < -0.4 is 5.32 Å². The van der Waals surface area contributed by atoms with Crippen LogP contribution in [0.2, 0.25) is 5.02 Å². The highest BCUT2D eigenvalue weighted by Gasteiger charge is 2.15. The van der Waals surface area contributed by atoms with Crippen molar-refractivity contribution < 1.29 is 0 Å². The molecule has 1 N–H and O–H groups in total. The van der Waals surface area contributed by atoms with E-state index in [9.17, 15) is 0 Å². The fraction of sp³-hybridized carbons (Fsp3) is 0.615. The van der Waals surface area contributed by atoms with E-state index >= 15 is 0 Å². The second-order valence-corrected chi connectivity index (χ2v) is 5.98. The van der Waals surface area contributed by atoms with Gasteiger partial charge < -0.3 is 5.32 Å². The van der Waals surface area contributed by atoms with Crippen LogP contribution in [0.25, 0.3) is 0 Å². The third-order valence-electron chi connectivity index (χ3n) is 3.24. The number of rotatable bonds is 5. The largest absolute Gasteiger partial charge is 0.373 e. The van der Waals surface area contributed by atoms with Gasteiger partial charge in [-0.15, -0.1) is 0 Å². The van der Waals surface area contributed by atoms with Crippen LogP contribution in [0.15, 0.2) is 12.1 Å². The van der Waals surface area contributed by atoms with Crippen molar-refractivity contribution in [1.29, 1.82) is 0 Å². The maximum atomic E-state index is 6.14. The van der Waals surface area contributed by atoms with Gasteiger partial charge in [0, 0.05) is 12.8 Å². The van der Waals surface area contributed by atoms with Crippen molar-refractivity contribution in [2.24, 2.45) is 5.92 Å². The fourth-order valence-electron chi connectivity index (χ4n) is 2.22. The molecule has 4 heteroatoms. The lowest BCUT2D eigenvalue weighted by Crippen LogP contribution is -1.99. The molecule has 0 spiro atoms. The zero-order valence-corrected chi connectivity index (χ0v) is 11.8. The van der Waals surface area contributed by atoms with Gasteiger partial charge in [0.25, 0.3) is 0 Å². The van der Waals surface area contributed by atoms with Crippen LogP contribution >= 0.6 is 23.4 Å². The molecule has 2 nitrogen and oxygen atoms in total. The molecule has 0 atom stereocenters. The van der Waals surface area contributed by atoms with E-state index in [-0.39, 0.29) is 0 Å². The Morgan fingerprint density at radius 1 is 1.41 bits per heavy atom. The summed E-state index contributed by atoms with van der Waals surface area (Å²) in [5.74, 6) is 3.99. The Morgan fingerprint density at radius 2 is 2.18 bits per heavy atom. The average Bonchev–Trinajstić information content (AvgIpc) is 2.84. The van der Waals surface area contributed by atoms with Gasteiger partial charge in [-0.2, -0.15) is 11.8 Å². The Bertz CT molecular complexity index is 364. The molecule has 1 fully saturated rings. The van der Waals surface area contributed by atoms with E-state index in [1.165, 1.54) is 31.4 Å². The van der Waals surface area contributed by atoms with E-state index in [1.54, 1.807) is 0 Å². The van der Waals surface area contributed by atoms with E-state index in [1.807, 2.05) is 30.9 Å². The molecule has 1 heterocycles. The van der Waals surface area contributed by atoms with Crippen molar-refractivity contribution in [2.45, 2.75) is 31.4 Å². The summed E-state index contributed by atoms with van der Waals surface area (Å²) < 4.78 is 0. The van der Waals surface area contributed by atoms with Gasteiger partial charge in [0.1, 0.15) is 5.82 Å². The lowest BCUT2D eigenvalue weighted by atomic mass is 10.1. The first-order valence-electron chi connectivity index (χ1n) is 6.20. The highest BCUT2D eigenvalue weighted by Crippen LogP contribution is 2.30. The first kappa shape index (κ1) is 13.0. The first-order chi connectivity index (χ1) is 8.29.